The lowest BCUT2D eigenvalue weighted by atomic mass is 9.56. The molecule has 0 heterocycles. The van der Waals surface area contributed by atoms with Crippen LogP contribution in [0, 0.1) is 18.3 Å². The molecule has 0 spiro atoms. The number of carbonyl (C=O) groups excluding carboxylic acids is 3. The number of hydrogen-bond donors (Lipinski definition) is 7. The van der Waals surface area contributed by atoms with E-state index >= 15 is 0 Å². The molecule has 9 N–H and O–H groups in total. The molecule has 0 saturated heterocycles. The Balaban J connectivity index is 1.86. The number of likely N-dealkylation sites (N-methyl/N-ethyl adjacent to an activating group) is 1. The van der Waals surface area contributed by atoms with Gasteiger partial charge in [0.05, 0.1) is 23.6 Å². The van der Waals surface area contributed by atoms with Crippen molar-refractivity contribution in [3.63, 3.8) is 0 Å². The van der Waals surface area contributed by atoms with E-state index < -0.39 is 75.1 Å². The number of ketones is 2. The number of fused-ring (bicyclic) bond motifs is 3. The van der Waals surface area contributed by atoms with Crippen LogP contribution in [0.3, 0.4) is 0 Å². The molecule has 1 radical (unpaired) electrons. The Bertz CT molecular complexity index is 1410. The van der Waals surface area contributed by atoms with Crippen LogP contribution in [0.4, 0.5) is 0 Å². The lowest BCUT2D eigenvalue weighted by molar-refractivity contribution is -0.167. The first-order chi connectivity index (χ1) is 19.0. The number of rotatable bonds is 8. The van der Waals surface area contributed by atoms with Crippen molar-refractivity contribution in [2.45, 2.75) is 62.7 Å². The van der Waals surface area contributed by atoms with Crippen molar-refractivity contribution in [1.82, 2.24) is 4.90 Å². The highest BCUT2D eigenvalue weighted by atomic mass is 16.4. The van der Waals surface area contributed by atoms with E-state index in [0.717, 1.165) is 12.8 Å². The van der Waals surface area contributed by atoms with Crippen LogP contribution in [0.25, 0.3) is 5.76 Å². The van der Waals surface area contributed by atoms with Gasteiger partial charge in [-0.15, -0.1) is 0 Å². The Hall–Kier alpha value is -3.67. The van der Waals surface area contributed by atoms with Crippen molar-refractivity contribution in [1.29, 1.82) is 0 Å². The van der Waals surface area contributed by atoms with Crippen LogP contribution in [-0.4, -0.2) is 79.7 Å². The molecular formula is C30H38N3O8. The molecule has 5 atom stereocenters. The smallest absolute Gasteiger partial charge is 0.255 e. The van der Waals surface area contributed by atoms with E-state index in [1.165, 1.54) is 25.4 Å². The summed E-state index contributed by atoms with van der Waals surface area (Å²) in [4.78, 5) is 40.6. The lowest BCUT2D eigenvalue weighted by Crippen LogP contribution is -2.70. The molecular weight excluding hydrogens is 530 g/mol. The number of hydrogen-bond acceptors (Lipinski definition) is 10. The Kier molecular flexibility index (Phi) is 7.62. The van der Waals surface area contributed by atoms with Gasteiger partial charge in [-0.3, -0.25) is 19.3 Å². The molecule has 3 aliphatic rings. The second-order valence-electron chi connectivity index (χ2n) is 12.1. The topological polar surface area (TPSA) is 208 Å². The molecule has 4 rings (SSSR count). The fraction of sp³-hybridized carbons (Fsp3) is 0.467. The quantitative estimate of drug-likeness (QED) is 0.176. The fourth-order valence-electron chi connectivity index (χ4n) is 6.61. The van der Waals surface area contributed by atoms with E-state index in [9.17, 15) is 39.9 Å². The van der Waals surface area contributed by atoms with Gasteiger partial charge in [0.15, 0.2) is 11.4 Å². The van der Waals surface area contributed by atoms with Crippen molar-refractivity contribution in [3.8, 4) is 5.75 Å². The molecule has 0 aromatic heterocycles. The molecule has 0 aliphatic heterocycles. The Morgan fingerprint density at radius 1 is 1.12 bits per heavy atom. The number of allylic oxidation sites excluding steroid dienone is 1. The standard InChI is InChI=1S/C30H38N3O8/c1-13(31)8-6-7-11-29(2,3)16-10-9-14-12-15-18(24(36)17(14)23(16)35)26(38)30(41)20(22(15)34)21(33(4)5)25(37)19(27(30)39)28(32)40/h9-10,12,15,20-22,34-36,39,41H,1,6-8,11,31H2,2-5H3,(H2,32,40)/t15-,20-,21+,22+,30+/m0/s1. The highest BCUT2D eigenvalue weighted by Crippen LogP contribution is 2.54. The third-order valence-corrected chi connectivity index (χ3v) is 8.74. The molecule has 0 unspecified atom stereocenters. The first-order valence-corrected chi connectivity index (χ1v) is 13.5. The van der Waals surface area contributed by atoms with E-state index in [1.807, 2.05) is 13.8 Å². The van der Waals surface area contributed by atoms with Gasteiger partial charge in [-0.05, 0) is 44.3 Å². The minimum Gasteiger partial charge on any atom is -0.508 e. The average Bonchev–Trinajstić information content (AvgIpc) is 2.86. The third kappa shape index (κ3) is 4.52. The number of Topliss-reactive ketones (excluding diaryl/α,β-unsaturated/α-hetero) is 2. The number of unbranched alkanes of at least 4 members (excludes halogenated alkanes) is 1. The summed E-state index contributed by atoms with van der Waals surface area (Å²) in [5.41, 5.74) is 7.47. The van der Waals surface area contributed by atoms with Gasteiger partial charge < -0.3 is 37.0 Å². The normalized spacial score (nSPS) is 28.0. The molecule has 1 saturated carbocycles. The Morgan fingerprint density at radius 2 is 1.76 bits per heavy atom. The van der Waals surface area contributed by atoms with Crippen LogP contribution >= 0.6 is 0 Å². The van der Waals surface area contributed by atoms with Crippen LogP contribution in [0.5, 0.6) is 5.75 Å². The van der Waals surface area contributed by atoms with Gasteiger partial charge in [-0.1, -0.05) is 39.0 Å². The summed E-state index contributed by atoms with van der Waals surface area (Å²) < 4.78 is 0. The zero-order valence-corrected chi connectivity index (χ0v) is 23.6. The number of aliphatic hydroxyl groups excluding tert-OH is 3. The zero-order chi connectivity index (χ0) is 30.8. The van der Waals surface area contributed by atoms with E-state index in [-0.39, 0.29) is 11.3 Å². The van der Waals surface area contributed by atoms with Crippen LogP contribution in [0.1, 0.15) is 56.2 Å². The zero-order valence-electron chi connectivity index (χ0n) is 23.6. The summed E-state index contributed by atoms with van der Waals surface area (Å²) in [7, 11) is 2.91. The molecule has 41 heavy (non-hydrogen) atoms. The first kappa shape index (κ1) is 30.3. The molecule has 1 aromatic rings. The third-order valence-electron chi connectivity index (χ3n) is 8.74. The predicted octanol–water partition coefficient (Wildman–Crippen LogP) is 1.26. The molecule has 1 aromatic carbocycles. The SMILES string of the molecule is C=C(N)CCCCC(C)(C)c1ccc2c(c1O)C(O)=C1C(=O)[C@@]3(O)C(O)=C(C(N)=O)C(=O)[C@H](N(C)C)[C@H]3[C@H](O)[C@H]1[CH]2. The maximum absolute atomic E-state index is 14.0. The van der Waals surface area contributed by atoms with E-state index in [1.54, 1.807) is 12.1 Å². The minimum atomic E-state index is -2.95. The molecule has 221 valence electrons. The van der Waals surface area contributed by atoms with Gasteiger partial charge in [-0.25, -0.2) is 0 Å². The monoisotopic (exact) mass is 568 g/mol. The summed E-state index contributed by atoms with van der Waals surface area (Å²) in [5, 5.41) is 57.0. The number of primary amides is 1. The summed E-state index contributed by atoms with van der Waals surface area (Å²) >= 11 is 0. The summed E-state index contributed by atoms with van der Waals surface area (Å²) in [5.74, 6) is -8.52. The van der Waals surface area contributed by atoms with E-state index in [2.05, 4.69) is 6.58 Å². The van der Waals surface area contributed by atoms with Crippen LogP contribution in [0.2, 0.25) is 0 Å². The van der Waals surface area contributed by atoms with Crippen molar-refractivity contribution in [3.05, 3.63) is 64.4 Å². The maximum Gasteiger partial charge on any atom is 0.255 e. The number of amides is 1. The molecule has 0 bridgehead atoms. The van der Waals surface area contributed by atoms with E-state index in [4.69, 9.17) is 11.5 Å². The highest BCUT2D eigenvalue weighted by Gasteiger charge is 2.67. The molecule has 1 fully saturated rings. The van der Waals surface area contributed by atoms with Crippen molar-refractivity contribution < 1.29 is 39.9 Å². The highest BCUT2D eigenvalue weighted by molar-refractivity contribution is 6.24. The second-order valence-corrected chi connectivity index (χ2v) is 12.1. The number of benzene rings is 1. The number of phenols is 1. The number of phenolic OH excluding ortho intramolecular Hbond substituents is 1. The van der Waals surface area contributed by atoms with Gasteiger partial charge >= 0.3 is 0 Å². The second kappa shape index (κ2) is 10.3. The predicted molar refractivity (Wildman–Crippen MR) is 150 cm³/mol. The van der Waals surface area contributed by atoms with Crippen LogP contribution in [-0.2, 0) is 19.8 Å². The average molecular weight is 569 g/mol. The number of nitrogens with zero attached hydrogens (tertiary/aromatic N) is 1. The molecule has 11 nitrogen and oxygen atoms in total. The molecule has 11 heteroatoms. The summed E-state index contributed by atoms with van der Waals surface area (Å²) in [6, 6.07) is 1.99. The fourth-order valence-corrected chi connectivity index (χ4v) is 6.61. The lowest BCUT2D eigenvalue weighted by Gasteiger charge is -2.52. The largest absolute Gasteiger partial charge is 0.508 e. The maximum atomic E-state index is 14.0. The summed E-state index contributed by atoms with van der Waals surface area (Å²) in [6.45, 7) is 7.57. The van der Waals surface area contributed by atoms with Gasteiger partial charge in [0, 0.05) is 29.2 Å². The summed E-state index contributed by atoms with van der Waals surface area (Å²) in [6.07, 6.45) is 2.76. The van der Waals surface area contributed by atoms with Crippen LogP contribution < -0.4 is 11.5 Å². The van der Waals surface area contributed by atoms with E-state index in [0.29, 0.717) is 29.7 Å². The number of nitrogens with two attached hydrogens (primary N) is 2. The van der Waals surface area contributed by atoms with Crippen molar-refractivity contribution in [2.75, 3.05) is 14.1 Å². The molecule has 1 amide bonds. The van der Waals surface area contributed by atoms with Gasteiger partial charge in [0.2, 0.25) is 5.78 Å². The Labute approximate surface area is 238 Å². The van der Waals surface area contributed by atoms with Gasteiger partial charge in [0.1, 0.15) is 22.8 Å². The minimum absolute atomic E-state index is 0.0607. The first-order valence-electron chi connectivity index (χ1n) is 13.5. The van der Waals surface area contributed by atoms with Crippen LogP contribution in [0.15, 0.2) is 41.3 Å². The van der Waals surface area contributed by atoms with Gasteiger partial charge in [-0.2, -0.15) is 0 Å². The van der Waals surface area contributed by atoms with Gasteiger partial charge in [0.25, 0.3) is 5.91 Å². The Morgan fingerprint density at radius 3 is 2.32 bits per heavy atom. The number of aromatic hydroxyl groups is 1. The molecule has 3 aliphatic carbocycles. The number of carbonyl (C=O) groups is 3. The number of aliphatic hydroxyl groups is 4. The van der Waals surface area contributed by atoms with Crippen molar-refractivity contribution in [2.24, 2.45) is 23.3 Å². The van der Waals surface area contributed by atoms with Crippen molar-refractivity contribution >= 4 is 23.2 Å².